The second-order valence-electron chi connectivity index (χ2n) is 6.87. The van der Waals surface area contributed by atoms with Gasteiger partial charge in [0.25, 0.3) is 0 Å². The lowest BCUT2D eigenvalue weighted by Crippen LogP contribution is -1.98. The molecule has 1 aromatic heterocycles. The van der Waals surface area contributed by atoms with Crippen LogP contribution in [0.25, 0.3) is 0 Å². The van der Waals surface area contributed by atoms with Crippen LogP contribution in [0.4, 0.5) is 0 Å². The summed E-state index contributed by atoms with van der Waals surface area (Å²) in [6.07, 6.45) is 9.13. The van der Waals surface area contributed by atoms with Crippen molar-refractivity contribution in [1.29, 1.82) is 0 Å². The van der Waals surface area contributed by atoms with Crippen LogP contribution in [0.2, 0.25) is 5.02 Å². The summed E-state index contributed by atoms with van der Waals surface area (Å²) in [7, 11) is 0. The number of hydrogen-bond acceptors (Lipinski definition) is 1. The Hall–Kier alpha value is -1.34. The topological polar surface area (TPSA) is 12.9 Å². The Balaban J connectivity index is 0.000000152. The van der Waals surface area contributed by atoms with Gasteiger partial charge in [0.2, 0.25) is 0 Å². The summed E-state index contributed by atoms with van der Waals surface area (Å²) in [5.74, 6) is 0. The number of aromatic nitrogens is 1. The van der Waals surface area contributed by atoms with Gasteiger partial charge in [0.1, 0.15) is 0 Å². The summed E-state index contributed by atoms with van der Waals surface area (Å²) in [5, 5.41) is 0.831. The summed E-state index contributed by atoms with van der Waals surface area (Å²) in [4.78, 5) is 4.09. The Morgan fingerprint density at radius 1 is 0.826 bits per heavy atom. The molecule has 2 aliphatic rings. The van der Waals surface area contributed by atoms with Crippen molar-refractivity contribution >= 4 is 11.6 Å². The first kappa shape index (κ1) is 18.0. The summed E-state index contributed by atoms with van der Waals surface area (Å²) >= 11 is 5.78. The first-order valence-corrected chi connectivity index (χ1v) is 9.06. The maximum absolute atomic E-state index is 5.78. The van der Waals surface area contributed by atoms with E-state index in [1.165, 1.54) is 36.8 Å². The van der Waals surface area contributed by atoms with Gasteiger partial charge >= 0.3 is 0 Å². The molecular formula is C21H28ClN. The molecule has 0 unspecified atom stereocenters. The van der Waals surface area contributed by atoms with Crippen molar-refractivity contribution in [3.8, 4) is 0 Å². The molecule has 2 aromatic rings. The Kier molecular flexibility index (Phi) is 5.86. The lowest BCUT2D eigenvalue weighted by Gasteiger charge is -2.07. The van der Waals surface area contributed by atoms with E-state index in [2.05, 4.69) is 37.0 Å². The van der Waals surface area contributed by atoms with Crippen molar-refractivity contribution in [3.63, 3.8) is 0 Å². The highest BCUT2D eigenvalue weighted by atomic mass is 35.5. The molecule has 2 heteroatoms. The normalized spacial score (nSPS) is 18.7. The molecule has 23 heavy (non-hydrogen) atoms. The summed E-state index contributed by atoms with van der Waals surface area (Å²) in [6.45, 7) is 8.60. The number of nitrogens with zero attached hydrogens (tertiary/aromatic N) is 1. The molecule has 0 N–H and O–H groups in total. The predicted molar refractivity (Wildman–Crippen MR) is 100 cm³/mol. The first-order valence-electron chi connectivity index (χ1n) is 8.68. The van der Waals surface area contributed by atoms with E-state index in [-0.39, 0.29) is 0 Å². The largest absolute Gasteiger partial charge is 0.264 e. The number of rotatable bonds is 2. The van der Waals surface area contributed by atoms with Crippen LogP contribution >= 0.6 is 11.6 Å². The second kappa shape index (κ2) is 7.49. The molecule has 0 bridgehead atoms. The van der Waals surface area contributed by atoms with Gasteiger partial charge in [-0.05, 0) is 65.8 Å². The number of pyridine rings is 1. The molecule has 0 radical (unpaired) electrons. The highest BCUT2D eigenvalue weighted by molar-refractivity contribution is 6.30. The van der Waals surface area contributed by atoms with Crippen LogP contribution in [-0.4, -0.2) is 4.98 Å². The first-order chi connectivity index (χ1) is 11.0. The Morgan fingerprint density at radius 3 is 1.78 bits per heavy atom. The molecule has 0 atom stereocenters. The van der Waals surface area contributed by atoms with Gasteiger partial charge in [-0.15, -0.1) is 0 Å². The molecule has 0 amide bonds. The van der Waals surface area contributed by atoms with E-state index < -0.39 is 0 Å². The molecular weight excluding hydrogens is 302 g/mol. The summed E-state index contributed by atoms with van der Waals surface area (Å²) in [5.41, 5.74) is 3.79. The zero-order valence-electron chi connectivity index (χ0n) is 14.8. The van der Waals surface area contributed by atoms with E-state index in [9.17, 15) is 0 Å². The third-order valence-corrected chi connectivity index (χ3v) is 5.15. The van der Waals surface area contributed by atoms with Gasteiger partial charge in [-0.25, -0.2) is 0 Å². The zero-order valence-corrected chi connectivity index (χ0v) is 15.5. The smallest absolute Gasteiger partial charge is 0.0406 e. The fourth-order valence-corrected chi connectivity index (χ4v) is 2.65. The lowest BCUT2D eigenvalue weighted by molar-refractivity contribution is 0.781. The summed E-state index contributed by atoms with van der Waals surface area (Å²) < 4.78 is 0. The minimum absolute atomic E-state index is 0.477. The standard InChI is InChI=1S/C10H11Cl.C9H11N.C2H6/c1-10(6-7-10)8-2-4-9(11)5-3-8;1-9(4-5-9)8-3-2-6-10-7-8;1-2/h2-5H,6-7H2,1H3;2-3,6-7H,4-5H2,1H3;1-2H3. The van der Waals surface area contributed by atoms with Crippen molar-refractivity contribution < 1.29 is 0 Å². The van der Waals surface area contributed by atoms with Crippen molar-refractivity contribution in [1.82, 2.24) is 4.98 Å². The Bertz CT molecular complexity index is 595. The minimum Gasteiger partial charge on any atom is -0.264 e. The van der Waals surface area contributed by atoms with Crippen molar-refractivity contribution in [2.75, 3.05) is 0 Å². The van der Waals surface area contributed by atoms with E-state index in [1.807, 2.05) is 44.4 Å². The molecule has 1 aromatic carbocycles. The molecule has 0 spiro atoms. The fraction of sp³-hybridized carbons (Fsp3) is 0.476. The van der Waals surface area contributed by atoms with Gasteiger partial charge in [-0.2, -0.15) is 0 Å². The van der Waals surface area contributed by atoms with Gasteiger partial charge in [0, 0.05) is 17.4 Å². The van der Waals surface area contributed by atoms with Crippen LogP contribution in [0, 0.1) is 0 Å². The molecule has 0 saturated heterocycles. The fourth-order valence-electron chi connectivity index (χ4n) is 2.52. The van der Waals surface area contributed by atoms with Crippen molar-refractivity contribution in [3.05, 3.63) is 64.9 Å². The molecule has 2 fully saturated rings. The molecule has 1 nitrogen and oxygen atoms in total. The van der Waals surface area contributed by atoms with Crippen LogP contribution in [0.5, 0.6) is 0 Å². The van der Waals surface area contributed by atoms with Gasteiger partial charge < -0.3 is 0 Å². The molecule has 4 rings (SSSR count). The SMILES string of the molecule is CC.CC1(c2ccc(Cl)cc2)CC1.CC1(c2cccnc2)CC1. The van der Waals surface area contributed by atoms with E-state index in [4.69, 9.17) is 11.6 Å². The van der Waals surface area contributed by atoms with E-state index in [1.54, 1.807) is 0 Å². The Labute approximate surface area is 146 Å². The minimum atomic E-state index is 0.477. The number of hydrogen-bond donors (Lipinski definition) is 0. The van der Waals surface area contributed by atoms with Crippen molar-refractivity contribution in [2.45, 2.75) is 64.2 Å². The summed E-state index contributed by atoms with van der Waals surface area (Å²) in [6, 6.07) is 12.4. The van der Waals surface area contributed by atoms with Crippen LogP contribution in [-0.2, 0) is 10.8 Å². The van der Waals surface area contributed by atoms with E-state index in [0.29, 0.717) is 10.8 Å². The van der Waals surface area contributed by atoms with E-state index in [0.717, 1.165) is 5.02 Å². The maximum atomic E-state index is 5.78. The van der Waals surface area contributed by atoms with Crippen molar-refractivity contribution in [2.24, 2.45) is 0 Å². The highest BCUT2D eigenvalue weighted by Crippen LogP contribution is 2.47. The number of halogens is 1. The van der Waals surface area contributed by atoms with Crippen LogP contribution in [0.1, 0.15) is 64.5 Å². The third-order valence-electron chi connectivity index (χ3n) is 4.90. The Morgan fingerprint density at radius 2 is 1.35 bits per heavy atom. The zero-order chi connectivity index (χ0) is 16.9. The molecule has 2 aliphatic carbocycles. The quantitative estimate of drug-likeness (QED) is 0.608. The van der Waals surface area contributed by atoms with Crippen LogP contribution in [0.3, 0.4) is 0 Å². The van der Waals surface area contributed by atoms with Crippen LogP contribution in [0.15, 0.2) is 48.8 Å². The van der Waals surface area contributed by atoms with E-state index >= 15 is 0 Å². The second-order valence-corrected chi connectivity index (χ2v) is 7.31. The molecule has 0 aliphatic heterocycles. The lowest BCUT2D eigenvalue weighted by atomic mass is 9.99. The molecule has 124 valence electrons. The average molecular weight is 330 g/mol. The monoisotopic (exact) mass is 329 g/mol. The maximum Gasteiger partial charge on any atom is 0.0406 e. The molecule has 1 heterocycles. The highest BCUT2D eigenvalue weighted by Gasteiger charge is 2.39. The molecule has 2 saturated carbocycles. The van der Waals surface area contributed by atoms with Gasteiger partial charge in [-0.1, -0.05) is 57.5 Å². The van der Waals surface area contributed by atoms with Gasteiger partial charge in [0.05, 0.1) is 0 Å². The average Bonchev–Trinajstić information content (AvgIpc) is 3.51. The van der Waals surface area contributed by atoms with Crippen LogP contribution < -0.4 is 0 Å². The predicted octanol–water partition coefficient (Wildman–Crippen LogP) is 6.55. The third kappa shape index (κ3) is 4.81. The van der Waals surface area contributed by atoms with Gasteiger partial charge in [0.15, 0.2) is 0 Å². The number of benzene rings is 1. The van der Waals surface area contributed by atoms with Gasteiger partial charge in [-0.3, -0.25) is 4.98 Å².